The van der Waals surface area contributed by atoms with Crippen LogP contribution in [0.4, 0.5) is 11.4 Å². The summed E-state index contributed by atoms with van der Waals surface area (Å²) in [5, 5.41) is 2.77. The lowest BCUT2D eigenvalue weighted by Crippen LogP contribution is -2.15. The van der Waals surface area contributed by atoms with Gasteiger partial charge in [-0.05, 0) is 48.7 Å². The second-order valence-corrected chi connectivity index (χ2v) is 7.52. The molecular formula is C17H18N2O3S. The molecule has 0 saturated carbocycles. The highest BCUT2D eigenvalue weighted by molar-refractivity contribution is 7.91. The summed E-state index contributed by atoms with van der Waals surface area (Å²) in [5.41, 5.74) is 3.73. The molecule has 1 atom stereocenters. The molecular weight excluding hydrogens is 312 g/mol. The first-order valence-electron chi connectivity index (χ1n) is 7.35. The second kappa shape index (κ2) is 5.70. The average Bonchev–Trinajstić information content (AvgIpc) is 2.76. The van der Waals surface area contributed by atoms with E-state index < -0.39 is 10.0 Å². The van der Waals surface area contributed by atoms with Gasteiger partial charge in [0, 0.05) is 11.4 Å². The molecule has 2 aromatic carbocycles. The van der Waals surface area contributed by atoms with Gasteiger partial charge in [-0.1, -0.05) is 24.3 Å². The molecule has 3 rings (SSSR count). The maximum absolute atomic E-state index is 12.4. The van der Waals surface area contributed by atoms with Crippen molar-refractivity contribution in [2.24, 2.45) is 0 Å². The average molecular weight is 330 g/mol. The van der Waals surface area contributed by atoms with Crippen molar-refractivity contribution in [2.45, 2.75) is 25.5 Å². The predicted molar refractivity (Wildman–Crippen MR) is 90.9 cm³/mol. The Hall–Kier alpha value is -2.34. The van der Waals surface area contributed by atoms with Crippen molar-refractivity contribution in [1.82, 2.24) is 0 Å². The third kappa shape index (κ3) is 3.22. The van der Waals surface area contributed by atoms with Gasteiger partial charge < -0.3 is 5.32 Å². The number of hydrogen-bond donors (Lipinski definition) is 2. The minimum absolute atomic E-state index is 0.0695. The van der Waals surface area contributed by atoms with Crippen LogP contribution in [0, 0.1) is 6.92 Å². The topological polar surface area (TPSA) is 75.3 Å². The lowest BCUT2D eigenvalue weighted by molar-refractivity contribution is -0.116. The minimum atomic E-state index is -3.51. The first-order valence-corrected chi connectivity index (χ1v) is 9.01. The number of amides is 1. The van der Waals surface area contributed by atoms with E-state index in [1.807, 2.05) is 31.2 Å². The van der Waals surface area contributed by atoms with Crippen molar-refractivity contribution in [1.29, 1.82) is 0 Å². The lowest BCUT2D eigenvalue weighted by Gasteiger charge is -2.11. The number of carbonyl (C=O) groups is 1. The van der Waals surface area contributed by atoms with Gasteiger partial charge in [-0.25, -0.2) is 8.42 Å². The third-order valence-corrected chi connectivity index (χ3v) is 5.29. The second-order valence-electron chi connectivity index (χ2n) is 5.80. The molecule has 2 aromatic rings. The molecule has 6 heteroatoms. The maximum Gasteiger partial charge on any atom is 0.236 e. The SMILES string of the molecule is Cc1ccccc1CS(=O)(=O)Nc1ccc2c(c1)C(C)C(=O)N2. The van der Waals surface area contributed by atoms with E-state index in [0.717, 1.165) is 22.4 Å². The van der Waals surface area contributed by atoms with Crippen LogP contribution in [0.2, 0.25) is 0 Å². The number of rotatable bonds is 4. The molecule has 23 heavy (non-hydrogen) atoms. The van der Waals surface area contributed by atoms with Crippen molar-refractivity contribution < 1.29 is 13.2 Å². The van der Waals surface area contributed by atoms with Crippen LogP contribution in [-0.2, 0) is 20.6 Å². The Balaban J connectivity index is 1.82. The molecule has 0 radical (unpaired) electrons. The number of aryl methyl sites for hydroxylation is 1. The summed E-state index contributed by atoms with van der Waals surface area (Å²) >= 11 is 0. The van der Waals surface area contributed by atoms with Crippen molar-refractivity contribution in [3.8, 4) is 0 Å². The Labute approximate surface area is 135 Å². The van der Waals surface area contributed by atoms with Crippen LogP contribution in [-0.4, -0.2) is 14.3 Å². The first-order chi connectivity index (χ1) is 10.9. The molecule has 1 heterocycles. The monoisotopic (exact) mass is 330 g/mol. The molecule has 0 aromatic heterocycles. The lowest BCUT2D eigenvalue weighted by atomic mass is 10.0. The smallest absolute Gasteiger partial charge is 0.236 e. The van der Waals surface area contributed by atoms with E-state index in [1.54, 1.807) is 25.1 Å². The van der Waals surface area contributed by atoms with Crippen molar-refractivity contribution >= 4 is 27.3 Å². The predicted octanol–water partition coefficient (Wildman–Crippen LogP) is 2.99. The fraction of sp³-hybridized carbons (Fsp3) is 0.235. The van der Waals surface area contributed by atoms with Gasteiger partial charge in [-0.2, -0.15) is 0 Å². The van der Waals surface area contributed by atoms with Crippen molar-refractivity contribution in [3.63, 3.8) is 0 Å². The van der Waals surface area contributed by atoms with E-state index in [9.17, 15) is 13.2 Å². The zero-order chi connectivity index (χ0) is 16.6. The molecule has 1 aliphatic heterocycles. The molecule has 0 aliphatic carbocycles. The number of hydrogen-bond acceptors (Lipinski definition) is 3. The fourth-order valence-corrected chi connectivity index (χ4v) is 3.96. The van der Waals surface area contributed by atoms with Gasteiger partial charge in [0.1, 0.15) is 0 Å². The largest absolute Gasteiger partial charge is 0.325 e. The molecule has 0 saturated heterocycles. The van der Waals surface area contributed by atoms with Gasteiger partial charge in [-0.3, -0.25) is 9.52 Å². The molecule has 1 aliphatic rings. The molecule has 0 bridgehead atoms. The van der Waals surface area contributed by atoms with Crippen LogP contribution in [0.25, 0.3) is 0 Å². The number of carbonyl (C=O) groups excluding carboxylic acids is 1. The summed E-state index contributed by atoms with van der Waals surface area (Å²) in [6, 6.07) is 12.5. The molecule has 1 unspecified atom stereocenters. The van der Waals surface area contributed by atoms with Gasteiger partial charge in [-0.15, -0.1) is 0 Å². The van der Waals surface area contributed by atoms with Gasteiger partial charge in [0.2, 0.25) is 15.9 Å². The van der Waals surface area contributed by atoms with E-state index in [2.05, 4.69) is 10.0 Å². The number of sulfonamides is 1. The van der Waals surface area contributed by atoms with Crippen LogP contribution < -0.4 is 10.0 Å². The summed E-state index contributed by atoms with van der Waals surface area (Å²) in [5.74, 6) is -0.422. The maximum atomic E-state index is 12.4. The van der Waals surface area contributed by atoms with Gasteiger partial charge >= 0.3 is 0 Å². The number of nitrogens with one attached hydrogen (secondary N) is 2. The Morgan fingerprint density at radius 2 is 1.91 bits per heavy atom. The molecule has 0 spiro atoms. The van der Waals surface area contributed by atoms with Gasteiger partial charge in [0.15, 0.2) is 0 Å². The molecule has 1 amide bonds. The van der Waals surface area contributed by atoms with E-state index in [4.69, 9.17) is 0 Å². The van der Waals surface area contributed by atoms with Crippen LogP contribution >= 0.6 is 0 Å². The summed E-state index contributed by atoms with van der Waals surface area (Å²) in [6.07, 6.45) is 0. The van der Waals surface area contributed by atoms with Crippen LogP contribution in [0.3, 0.4) is 0 Å². The third-order valence-electron chi connectivity index (χ3n) is 4.05. The molecule has 5 nitrogen and oxygen atoms in total. The molecule has 0 fully saturated rings. The summed E-state index contributed by atoms with van der Waals surface area (Å²) in [6.45, 7) is 3.69. The van der Waals surface area contributed by atoms with Crippen molar-refractivity contribution in [3.05, 3.63) is 59.2 Å². The summed E-state index contributed by atoms with van der Waals surface area (Å²) in [7, 11) is -3.51. The zero-order valence-electron chi connectivity index (χ0n) is 13.0. The quantitative estimate of drug-likeness (QED) is 0.905. The highest BCUT2D eigenvalue weighted by Gasteiger charge is 2.27. The Morgan fingerprint density at radius 1 is 1.17 bits per heavy atom. The summed E-state index contributed by atoms with van der Waals surface area (Å²) < 4.78 is 27.3. The highest BCUT2D eigenvalue weighted by atomic mass is 32.2. The fourth-order valence-electron chi connectivity index (χ4n) is 2.67. The van der Waals surface area contributed by atoms with Crippen LogP contribution in [0.5, 0.6) is 0 Å². The Kier molecular flexibility index (Phi) is 3.85. The Morgan fingerprint density at radius 3 is 2.65 bits per heavy atom. The summed E-state index contributed by atoms with van der Waals surface area (Å²) in [4.78, 5) is 11.7. The van der Waals surface area contributed by atoms with Gasteiger partial charge in [0.25, 0.3) is 0 Å². The number of fused-ring (bicyclic) bond motifs is 1. The Bertz CT molecular complexity index is 875. The van der Waals surface area contributed by atoms with E-state index >= 15 is 0 Å². The van der Waals surface area contributed by atoms with E-state index in [-0.39, 0.29) is 17.6 Å². The normalized spacial score (nSPS) is 16.8. The van der Waals surface area contributed by atoms with Crippen LogP contribution in [0.15, 0.2) is 42.5 Å². The van der Waals surface area contributed by atoms with Crippen LogP contribution in [0.1, 0.15) is 29.5 Å². The number of anilines is 2. The number of benzene rings is 2. The van der Waals surface area contributed by atoms with E-state index in [0.29, 0.717) is 5.69 Å². The standard InChI is InChI=1S/C17H18N2O3S/c1-11-5-3-4-6-13(11)10-23(21,22)19-14-7-8-16-15(9-14)12(2)17(20)18-16/h3-9,12,19H,10H2,1-2H3,(H,18,20). The zero-order valence-corrected chi connectivity index (χ0v) is 13.8. The highest BCUT2D eigenvalue weighted by Crippen LogP contribution is 2.34. The minimum Gasteiger partial charge on any atom is -0.325 e. The van der Waals surface area contributed by atoms with Gasteiger partial charge in [0.05, 0.1) is 11.7 Å². The van der Waals surface area contributed by atoms with E-state index in [1.165, 1.54) is 0 Å². The van der Waals surface area contributed by atoms with Crippen molar-refractivity contribution in [2.75, 3.05) is 10.0 Å². The molecule has 2 N–H and O–H groups in total. The molecule has 120 valence electrons. The first kappa shape index (κ1) is 15.6.